The van der Waals surface area contributed by atoms with E-state index < -0.39 is 0 Å². The Bertz CT molecular complexity index is 4130. The van der Waals surface area contributed by atoms with Crippen molar-refractivity contribution in [3.8, 4) is 33.6 Å². The summed E-state index contributed by atoms with van der Waals surface area (Å²) in [5.41, 5.74) is 19.4. The largest absolute Gasteiger partial charge is 0.456 e. The molecule has 1 aliphatic rings. The highest BCUT2D eigenvalue weighted by Gasteiger charge is 2.36. The molecule has 4 nitrogen and oxygen atoms in total. The molecule has 0 fully saturated rings. The second kappa shape index (κ2) is 14.2. The van der Waals surface area contributed by atoms with Crippen molar-refractivity contribution >= 4 is 82.6 Å². The van der Waals surface area contributed by atoms with Gasteiger partial charge >= 0.3 is 0 Å². The highest BCUT2D eigenvalue weighted by molar-refractivity contribution is 6.17. The smallest absolute Gasteiger partial charge is 0.137 e. The van der Waals surface area contributed by atoms with Crippen molar-refractivity contribution in [1.29, 1.82) is 0 Å². The van der Waals surface area contributed by atoms with Crippen molar-refractivity contribution in [3.63, 3.8) is 0 Å². The molecule has 0 amide bonds. The molecule has 10 aromatic carbocycles. The molecule has 316 valence electrons. The Morgan fingerprint density at radius 1 is 0.358 bits per heavy atom. The van der Waals surface area contributed by atoms with E-state index in [9.17, 15) is 0 Å². The maximum absolute atomic E-state index is 6.95. The van der Waals surface area contributed by atoms with Crippen LogP contribution in [-0.2, 0) is 5.41 Å². The maximum atomic E-state index is 6.95. The van der Waals surface area contributed by atoms with Crippen LogP contribution < -0.4 is 4.90 Å². The number of fused-ring (bicyclic) bond motifs is 12. The Morgan fingerprint density at radius 3 is 1.66 bits per heavy atom. The minimum Gasteiger partial charge on any atom is -0.456 e. The van der Waals surface area contributed by atoms with Gasteiger partial charge in [-0.05, 0) is 124 Å². The summed E-state index contributed by atoms with van der Waals surface area (Å²) < 4.78 is 11.7. The van der Waals surface area contributed by atoms with E-state index in [1.165, 1.54) is 65.9 Å². The Balaban J connectivity index is 0.950. The lowest BCUT2D eigenvalue weighted by Crippen LogP contribution is -2.16. The van der Waals surface area contributed by atoms with Crippen molar-refractivity contribution in [1.82, 2.24) is 9.13 Å². The minimum atomic E-state index is -0.154. The van der Waals surface area contributed by atoms with Gasteiger partial charge < -0.3 is 18.5 Å². The van der Waals surface area contributed by atoms with Crippen molar-refractivity contribution in [2.24, 2.45) is 0 Å². The summed E-state index contributed by atoms with van der Waals surface area (Å²) in [5.74, 6) is 0. The molecule has 0 atom stereocenters. The third-order valence-electron chi connectivity index (χ3n) is 14.5. The second-order valence-corrected chi connectivity index (χ2v) is 18.5. The van der Waals surface area contributed by atoms with Gasteiger partial charge in [0, 0.05) is 72.2 Å². The van der Waals surface area contributed by atoms with E-state index in [1.807, 2.05) is 0 Å². The zero-order valence-electron chi connectivity index (χ0n) is 37.1. The summed E-state index contributed by atoms with van der Waals surface area (Å²) in [4.78, 5) is 2.41. The molecule has 0 unspecified atom stereocenters. The zero-order chi connectivity index (χ0) is 44.4. The number of hydrogen-bond acceptors (Lipinski definition) is 2. The molecule has 13 aromatic rings. The summed E-state index contributed by atoms with van der Waals surface area (Å²) in [6.07, 6.45) is 0. The number of rotatable bonds is 6. The molecule has 14 rings (SSSR count). The average Bonchev–Trinajstić information content (AvgIpc) is 4.09. The molecule has 1 aliphatic carbocycles. The van der Waals surface area contributed by atoms with Gasteiger partial charge in [-0.25, -0.2) is 0 Å². The van der Waals surface area contributed by atoms with Crippen LogP contribution in [-0.4, -0.2) is 9.13 Å². The number of hydrogen-bond donors (Lipinski definition) is 0. The number of anilines is 3. The Hall–Kier alpha value is -8.60. The lowest BCUT2D eigenvalue weighted by atomic mass is 9.82. The maximum Gasteiger partial charge on any atom is 0.137 e. The van der Waals surface area contributed by atoms with E-state index in [-0.39, 0.29) is 5.41 Å². The van der Waals surface area contributed by atoms with Crippen molar-refractivity contribution < 1.29 is 4.42 Å². The summed E-state index contributed by atoms with van der Waals surface area (Å²) in [6.45, 7) is 4.71. The van der Waals surface area contributed by atoms with Crippen LogP contribution in [0.4, 0.5) is 17.1 Å². The van der Waals surface area contributed by atoms with Gasteiger partial charge in [-0.1, -0.05) is 141 Å². The Labute approximate surface area is 387 Å². The molecule has 0 N–H and O–H groups in total. The van der Waals surface area contributed by atoms with E-state index in [0.717, 1.165) is 61.5 Å². The SMILES string of the molecule is CC1(C)c2ccccc2-c2ccc(N(c3ccc4c(c3)oc3cc(-c5cccc6c5c5ccccc5n6-c5ccccc5)ccc34)c3ccc4c5ccccc5n(-c5ccccc5)c4c3)cc21. The third kappa shape index (κ3) is 5.54. The standard InChI is InChI=1S/C63H43N3O/c1-63(2)54-24-12-9-20-47(54)48-33-29-43(37-55(48)63)64(44-30-34-50-49-21-10-13-25-56(49)66(59(50)38-44)42-18-7-4-8-19-42)45-31-35-52-51-32-28-40(36-60(51)67-61(52)39-45)46-23-15-27-58-62(46)53-22-11-14-26-57(53)65(58)41-16-5-3-6-17-41/h3-39H,1-2H3. The van der Waals surface area contributed by atoms with Gasteiger partial charge in [0.1, 0.15) is 11.2 Å². The van der Waals surface area contributed by atoms with Crippen LogP contribution >= 0.6 is 0 Å². The fraction of sp³-hybridized carbons (Fsp3) is 0.0476. The van der Waals surface area contributed by atoms with Gasteiger partial charge in [0.05, 0.1) is 22.1 Å². The van der Waals surface area contributed by atoms with Crippen LogP contribution in [0.1, 0.15) is 25.0 Å². The van der Waals surface area contributed by atoms with Gasteiger partial charge in [-0.15, -0.1) is 0 Å². The van der Waals surface area contributed by atoms with E-state index in [0.29, 0.717) is 0 Å². The van der Waals surface area contributed by atoms with Crippen LogP contribution in [0.5, 0.6) is 0 Å². The molecule has 0 radical (unpaired) electrons. The monoisotopic (exact) mass is 857 g/mol. The first-order valence-electron chi connectivity index (χ1n) is 23.2. The molecule has 3 aromatic heterocycles. The number of aromatic nitrogens is 2. The number of furan rings is 1. The van der Waals surface area contributed by atoms with E-state index in [2.05, 4.69) is 252 Å². The van der Waals surface area contributed by atoms with Crippen LogP contribution in [0.3, 0.4) is 0 Å². The molecule has 0 saturated heterocycles. The first kappa shape index (κ1) is 37.7. The molecule has 4 heteroatoms. The number of benzene rings is 10. The quantitative estimate of drug-likeness (QED) is 0.167. The Kier molecular flexibility index (Phi) is 8.00. The van der Waals surface area contributed by atoms with Crippen molar-refractivity contribution in [2.75, 3.05) is 4.90 Å². The second-order valence-electron chi connectivity index (χ2n) is 18.5. The highest BCUT2D eigenvalue weighted by atomic mass is 16.3. The predicted octanol–water partition coefficient (Wildman–Crippen LogP) is 17.2. The van der Waals surface area contributed by atoms with Gasteiger partial charge in [0.15, 0.2) is 0 Å². The van der Waals surface area contributed by atoms with Crippen LogP contribution in [0.15, 0.2) is 229 Å². The summed E-state index contributed by atoms with van der Waals surface area (Å²) in [7, 11) is 0. The normalized spacial score (nSPS) is 13.0. The van der Waals surface area contributed by atoms with E-state index in [1.54, 1.807) is 0 Å². The summed E-state index contributed by atoms with van der Waals surface area (Å²) in [5, 5.41) is 7.11. The number of para-hydroxylation sites is 4. The summed E-state index contributed by atoms with van der Waals surface area (Å²) in [6, 6.07) is 81.8. The lowest BCUT2D eigenvalue weighted by Gasteiger charge is -2.28. The molecule has 0 aliphatic heterocycles. The fourth-order valence-corrected chi connectivity index (χ4v) is 11.4. The minimum absolute atomic E-state index is 0.154. The van der Waals surface area contributed by atoms with Crippen molar-refractivity contribution in [3.05, 3.63) is 236 Å². The first-order valence-corrected chi connectivity index (χ1v) is 23.2. The first-order chi connectivity index (χ1) is 33.0. The Morgan fingerprint density at radius 2 is 0.881 bits per heavy atom. The molecular formula is C63H43N3O. The van der Waals surface area contributed by atoms with Crippen LogP contribution in [0.2, 0.25) is 0 Å². The highest BCUT2D eigenvalue weighted by Crippen LogP contribution is 2.51. The topological polar surface area (TPSA) is 26.2 Å². The molecule has 3 heterocycles. The van der Waals surface area contributed by atoms with E-state index >= 15 is 0 Å². The summed E-state index contributed by atoms with van der Waals surface area (Å²) >= 11 is 0. The average molecular weight is 858 g/mol. The van der Waals surface area contributed by atoms with Gasteiger partial charge in [0.2, 0.25) is 0 Å². The molecule has 0 saturated carbocycles. The molecule has 0 spiro atoms. The van der Waals surface area contributed by atoms with Crippen LogP contribution in [0.25, 0.3) is 99.2 Å². The number of nitrogens with zero attached hydrogens (tertiary/aromatic N) is 3. The zero-order valence-corrected chi connectivity index (χ0v) is 37.1. The van der Waals surface area contributed by atoms with Gasteiger partial charge in [-0.3, -0.25) is 0 Å². The van der Waals surface area contributed by atoms with Crippen molar-refractivity contribution in [2.45, 2.75) is 19.3 Å². The predicted molar refractivity (Wildman–Crippen MR) is 280 cm³/mol. The van der Waals surface area contributed by atoms with Gasteiger partial charge in [0.25, 0.3) is 0 Å². The molecule has 67 heavy (non-hydrogen) atoms. The third-order valence-corrected chi connectivity index (χ3v) is 14.5. The molecule has 0 bridgehead atoms. The van der Waals surface area contributed by atoms with Crippen LogP contribution in [0, 0.1) is 0 Å². The van der Waals surface area contributed by atoms with E-state index in [4.69, 9.17) is 4.42 Å². The fourth-order valence-electron chi connectivity index (χ4n) is 11.4. The van der Waals surface area contributed by atoms with Gasteiger partial charge in [-0.2, -0.15) is 0 Å². The lowest BCUT2D eigenvalue weighted by molar-refractivity contribution is 0.660. The molecular weight excluding hydrogens is 815 g/mol.